The van der Waals surface area contributed by atoms with Crippen LogP contribution >= 0.6 is 15.9 Å². The number of hydrogen-bond acceptors (Lipinski definition) is 5. The van der Waals surface area contributed by atoms with Gasteiger partial charge >= 0.3 is 5.97 Å². The van der Waals surface area contributed by atoms with E-state index in [1.54, 1.807) is 12.1 Å². The largest absolute Gasteiger partial charge is 0.452 e. The molecule has 0 spiro atoms. The summed E-state index contributed by atoms with van der Waals surface area (Å²) in [7, 11) is 0. The lowest BCUT2D eigenvalue weighted by Gasteiger charge is -2.19. The lowest BCUT2D eigenvalue weighted by molar-refractivity contribution is -0.123. The molecule has 2 aromatic carbocycles. The minimum atomic E-state index is -0.663. The average molecular weight is 537 g/mol. The van der Waals surface area contributed by atoms with Gasteiger partial charge in [-0.3, -0.25) is 19.3 Å². The van der Waals surface area contributed by atoms with Gasteiger partial charge in [-0.25, -0.2) is 4.79 Å². The summed E-state index contributed by atoms with van der Waals surface area (Å²) in [6.07, 6.45) is 3.01. The number of anilines is 2. The number of ether oxygens (including phenoxy) is 1. The second-order valence-electron chi connectivity index (χ2n) is 9.58. The van der Waals surface area contributed by atoms with E-state index in [-0.39, 0.29) is 41.0 Å². The number of nitrogens with one attached hydrogen (secondary N) is 1. The van der Waals surface area contributed by atoms with Crippen molar-refractivity contribution in [2.45, 2.75) is 27.2 Å². The van der Waals surface area contributed by atoms with Crippen LogP contribution in [0, 0.1) is 37.5 Å². The minimum absolute atomic E-state index is 0.136. The third-order valence-corrected chi connectivity index (χ3v) is 8.55. The van der Waals surface area contributed by atoms with Crippen LogP contribution in [-0.2, 0) is 19.1 Å². The predicted molar refractivity (Wildman–Crippen MR) is 134 cm³/mol. The predicted octanol–water partition coefficient (Wildman–Crippen LogP) is 4.56. The fourth-order valence-electron chi connectivity index (χ4n) is 5.70. The number of fused-ring (bicyclic) bond motifs is 5. The molecule has 3 amide bonds. The first kappa shape index (κ1) is 23.5. The van der Waals surface area contributed by atoms with Crippen LogP contribution in [0.15, 0.2) is 52.5 Å². The van der Waals surface area contributed by atoms with E-state index in [1.807, 2.05) is 32.9 Å². The Morgan fingerprint density at radius 3 is 2.31 bits per heavy atom. The molecular formula is C27H25BrN2O5. The highest BCUT2D eigenvalue weighted by molar-refractivity contribution is 9.10. The van der Waals surface area contributed by atoms with Crippen LogP contribution in [0.4, 0.5) is 11.4 Å². The standard InChI is InChI=1S/C27H25BrN2O5/c1-13-8-17-11-20(13)23-22(17)25(32)30(26(23)33)19-6-4-16(5-7-19)27(34)35-12-21(31)29-18-9-14(2)24(28)15(3)10-18/h4-10,17,20,22-23H,11-12H2,1-3H3,(H,29,31)/t17-,20+,22+,23-/m0/s1. The van der Waals surface area contributed by atoms with Crippen LogP contribution < -0.4 is 10.2 Å². The zero-order valence-corrected chi connectivity index (χ0v) is 21.2. The van der Waals surface area contributed by atoms with E-state index in [0.717, 1.165) is 22.0 Å². The van der Waals surface area contributed by atoms with Gasteiger partial charge in [-0.05, 0) is 86.6 Å². The van der Waals surface area contributed by atoms with Crippen molar-refractivity contribution in [3.05, 3.63) is 69.2 Å². The molecule has 2 aromatic rings. The van der Waals surface area contributed by atoms with Gasteiger partial charge in [-0.15, -0.1) is 0 Å². The first-order chi connectivity index (χ1) is 16.7. The topological polar surface area (TPSA) is 92.8 Å². The van der Waals surface area contributed by atoms with E-state index >= 15 is 0 Å². The normalized spacial score (nSPS) is 24.5. The lowest BCUT2D eigenvalue weighted by Crippen LogP contribution is -2.33. The molecule has 0 unspecified atom stereocenters. The van der Waals surface area contributed by atoms with Crippen LogP contribution in [0.2, 0.25) is 0 Å². The van der Waals surface area contributed by atoms with Crippen molar-refractivity contribution in [1.29, 1.82) is 0 Å². The maximum Gasteiger partial charge on any atom is 0.338 e. The highest BCUT2D eigenvalue weighted by Crippen LogP contribution is 2.55. The molecule has 35 heavy (non-hydrogen) atoms. The second kappa shape index (κ2) is 8.75. The molecule has 2 fully saturated rings. The quantitative estimate of drug-likeness (QED) is 0.343. The molecule has 0 radical (unpaired) electrons. The molecular weight excluding hydrogens is 512 g/mol. The Hall–Kier alpha value is -3.26. The Morgan fingerprint density at radius 2 is 1.66 bits per heavy atom. The molecule has 2 bridgehead atoms. The van der Waals surface area contributed by atoms with Crippen molar-refractivity contribution in [1.82, 2.24) is 0 Å². The Labute approximate surface area is 211 Å². The van der Waals surface area contributed by atoms with Gasteiger partial charge < -0.3 is 10.1 Å². The highest BCUT2D eigenvalue weighted by Gasteiger charge is 2.60. The van der Waals surface area contributed by atoms with Crippen molar-refractivity contribution in [2.75, 3.05) is 16.8 Å². The minimum Gasteiger partial charge on any atom is -0.452 e. The van der Waals surface area contributed by atoms with Crippen molar-refractivity contribution in [2.24, 2.45) is 23.7 Å². The van der Waals surface area contributed by atoms with Gasteiger partial charge in [-0.1, -0.05) is 27.6 Å². The van der Waals surface area contributed by atoms with Gasteiger partial charge in [0, 0.05) is 10.2 Å². The first-order valence-corrected chi connectivity index (χ1v) is 12.3. The number of halogens is 1. The Morgan fingerprint density at radius 1 is 1.03 bits per heavy atom. The van der Waals surface area contributed by atoms with Crippen LogP contribution in [0.5, 0.6) is 0 Å². The summed E-state index contributed by atoms with van der Waals surface area (Å²) in [6.45, 7) is 5.45. The molecule has 1 saturated carbocycles. The molecule has 1 saturated heterocycles. The number of imide groups is 1. The van der Waals surface area contributed by atoms with Gasteiger partial charge in [0.15, 0.2) is 6.61 Å². The van der Waals surface area contributed by atoms with Gasteiger partial charge in [0.2, 0.25) is 11.8 Å². The molecule has 5 rings (SSSR count). The summed E-state index contributed by atoms with van der Waals surface area (Å²) in [5, 5.41) is 2.73. The number of esters is 1. The Kier molecular flexibility index (Phi) is 5.87. The fourth-order valence-corrected chi connectivity index (χ4v) is 5.93. The van der Waals surface area contributed by atoms with Gasteiger partial charge in [0.25, 0.3) is 5.91 Å². The molecule has 2 aliphatic carbocycles. The summed E-state index contributed by atoms with van der Waals surface area (Å²) in [4.78, 5) is 52.1. The van der Waals surface area contributed by atoms with E-state index in [1.165, 1.54) is 22.6 Å². The Balaban J connectivity index is 1.20. The summed E-state index contributed by atoms with van der Waals surface area (Å²) in [5.74, 6) is -1.71. The molecule has 8 heteroatoms. The summed E-state index contributed by atoms with van der Waals surface area (Å²) >= 11 is 3.49. The van der Waals surface area contributed by atoms with Gasteiger partial charge in [-0.2, -0.15) is 0 Å². The number of rotatable bonds is 5. The lowest BCUT2D eigenvalue weighted by atomic mass is 9.82. The van der Waals surface area contributed by atoms with Gasteiger partial charge in [0.1, 0.15) is 0 Å². The smallest absolute Gasteiger partial charge is 0.338 e. The molecule has 1 heterocycles. The van der Waals surface area contributed by atoms with Crippen molar-refractivity contribution in [3.63, 3.8) is 0 Å². The van der Waals surface area contributed by atoms with E-state index in [9.17, 15) is 19.2 Å². The summed E-state index contributed by atoms with van der Waals surface area (Å²) in [5.41, 5.74) is 4.46. The van der Waals surface area contributed by atoms with Crippen LogP contribution in [0.1, 0.15) is 34.8 Å². The molecule has 1 aliphatic heterocycles. The van der Waals surface area contributed by atoms with Crippen molar-refractivity contribution >= 4 is 51.0 Å². The fraction of sp³-hybridized carbons (Fsp3) is 0.333. The molecule has 3 aliphatic rings. The highest BCUT2D eigenvalue weighted by atomic mass is 79.9. The number of allylic oxidation sites excluding steroid dienone is 2. The number of amides is 3. The van der Waals surface area contributed by atoms with Crippen LogP contribution in [0.25, 0.3) is 0 Å². The monoisotopic (exact) mass is 536 g/mol. The SMILES string of the molecule is CC1=C[C@H]2C[C@H]1[C@@H]1C(=O)N(c3ccc(C(=O)OCC(=O)Nc4cc(C)c(Br)c(C)c4)cc3)C(=O)[C@@H]12. The maximum atomic E-state index is 13.1. The number of benzene rings is 2. The maximum absolute atomic E-state index is 13.1. The van der Waals surface area contributed by atoms with Crippen molar-refractivity contribution < 1.29 is 23.9 Å². The van der Waals surface area contributed by atoms with Crippen molar-refractivity contribution in [3.8, 4) is 0 Å². The number of carbonyl (C=O) groups excluding carboxylic acids is 4. The third-order valence-electron chi connectivity index (χ3n) is 7.30. The number of nitrogens with zero attached hydrogens (tertiary/aromatic N) is 1. The summed E-state index contributed by atoms with van der Waals surface area (Å²) in [6, 6.07) is 9.81. The second-order valence-corrected chi connectivity index (χ2v) is 10.4. The average Bonchev–Trinajstić information content (AvgIpc) is 3.46. The zero-order chi connectivity index (χ0) is 25.0. The number of aryl methyl sites for hydroxylation is 2. The molecule has 1 N–H and O–H groups in total. The third kappa shape index (κ3) is 3.99. The number of hydrogen-bond donors (Lipinski definition) is 1. The van der Waals surface area contributed by atoms with E-state index < -0.39 is 18.5 Å². The zero-order valence-electron chi connectivity index (χ0n) is 19.6. The summed E-state index contributed by atoms with van der Waals surface area (Å²) < 4.78 is 6.13. The van der Waals surface area contributed by atoms with Crippen LogP contribution in [0.3, 0.4) is 0 Å². The molecule has 4 atom stereocenters. The molecule has 180 valence electrons. The van der Waals surface area contributed by atoms with E-state index in [0.29, 0.717) is 11.4 Å². The molecule has 7 nitrogen and oxygen atoms in total. The van der Waals surface area contributed by atoms with Gasteiger partial charge in [0.05, 0.1) is 23.1 Å². The first-order valence-electron chi connectivity index (χ1n) is 11.6. The molecule has 0 aromatic heterocycles. The Bertz CT molecular complexity index is 1280. The number of carbonyl (C=O) groups is 4. The van der Waals surface area contributed by atoms with E-state index in [4.69, 9.17) is 4.74 Å². The van der Waals surface area contributed by atoms with Crippen LogP contribution in [-0.4, -0.2) is 30.3 Å². The van der Waals surface area contributed by atoms with E-state index in [2.05, 4.69) is 27.3 Å².